The van der Waals surface area contributed by atoms with Crippen molar-refractivity contribution in [2.45, 2.75) is 26.7 Å². The van der Waals surface area contributed by atoms with Gasteiger partial charge in [-0.3, -0.25) is 4.79 Å². The Balaban J connectivity index is 2.82. The average Bonchev–Trinajstić information content (AvgIpc) is 2.36. The molecule has 0 aromatic heterocycles. The molecule has 4 nitrogen and oxygen atoms in total. The van der Waals surface area contributed by atoms with Crippen LogP contribution in [0, 0.1) is 5.92 Å². The van der Waals surface area contributed by atoms with E-state index < -0.39 is 0 Å². The number of methoxy groups -OCH3 is 2. The minimum absolute atomic E-state index is 0.0479. The molecule has 1 aromatic carbocycles. The van der Waals surface area contributed by atoms with Gasteiger partial charge in [0.05, 0.1) is 24.9 Å². The fraction of sp³-hybridized carbons (Fsp3) is 0.500. The number of ether oxygens (including phenoxy) is 2. The molecule has 0 aliphatic carbocycles. The first-order chi connectivity index (χ1) is 8.97. The molecule has 1 rings (SSSR count). The highest BCUT2D eigenvalue weighted by Crippen LogP contribution is 2.35. The molecule has 0 aliphatic rings. The standard InChI is InChI=1S/C14H20ClNO3/c1-9(2)5-6-14(17)16-11-7-10(15)12(18-3)8-13(11)19-4/h7-9H,5-6H2,1-4H3,(H,16,17). The first kappa shape index (κ1) is 15.6. The number of nitrogens with one attached hydrogen (secondary N) is 1. The van der Waals surface area contributed by atoms with Gasteiger partial charge in [0.2, 0.25) is 5.91 Å². The monoisotopic (exact) mass is 285 g/mol. The fourth-order valence-electron chi connectivity index (χ4n) is 1.59. The van der Waals surface area contributed by atoms with Crippen LogP contribution < -0.4 is 14.8 Å². The molecule has 1 amide bonds. The molecule has 0 bridgehead atoms. The molecule has 0 aliphatic heterocycles. The number of halogens is 1. The highest BCUT2D eigenvalue weighted by Gasteiger charge is 2.12. The molecule has 106 valence electrons. The van der Waals surface area contributed by atoms with E-state index in [1.165, 1.54) is 14.2 Å². The van der Waals surface area contributed by atoms with Gasteiger partial charge in [-0.05, 0) is 18.4 Å². The Morgan fingerprint density at radius 2 is 1.89 bits per heavy atom. The SMILES string of the molecule is COc1cc(OC)c(NC(=O)CCC(C)C)cc1Cl. The average molecular weight is 286 g/mol. The second-order valence-corrected chi connectivity index (χ2v) is 5.07. The summed E-state index contributed by atoms with van der Waals surface area (Å²) < 4.78 is 10.3. The number of hydrogen-bond donors (Lipinski definition) is 1. The summed E-state index contributed by atoms with van der Waals surface area (Å²) >= 11 is 6.04. The second-order valence-electron chi connectivity index (χ2n) is 4.67. The summed E-state index contributed by atoms with van der Waals surface area (Å²) in [5, 5.41) is 3.24. The molecular formula is C14H20ClNO3. The van der Waals surface area contributed by atoms with Gasteiger partial charge in [0.15, 0.2) is 0 Å². The van der Waals surface area contributed by atoms with Gasteiger partial charge in [-0.25, -0.2) is 0 Å². The third-order valence-corrected chi connectivity index (χ3v) is 2.99. The van der Waals surface area contributed by atoms with Crippen molar-refractivity contribution < 1.29 is 14.3 Å². The molecule has 0 spiro atoms. The molecule has 0 heterocycles. The molecule has 0 saturated heterocycles. The summed E-state index contributed by atoms with van der Waals surface area (Å²) in [5.74, 6) is 1.48. The zero-order chi connectivity index (χ0) is 14.4. The lowest BCUT2D eigenvalue weighted by Gasteiger charge is -2.13. The van der Waals surface area contributed by atoms with Crippen molar-refractivity contribution in [2.24, 2.45) is 5.92 Å². The largest absolute Gasteiger partial charge is 0.495 e. The zero-order valence-corrected chi connectivity index (χ0v) is 12.5. The van der Waals surface area contributed by atoms with E-state index in [1.807, 2.05) is 0 Å². The molecule has 0 fully saturated rings. The maximum absolute atomic E-state index is 11.8. The molecule has 0 saturated carbocycles. The van der Waals surface area contributed by atoms with Crippen LogP contribution in [0.1, 0.15) is 26.7 Å². The third-order valence-electron chi connectivity index (χ3n) is 2.70. The van der Waals surface area contributed by atoms with Crippen LogP contribution in [0.2, 0.25) is 5.02 Å². The zero-order valence-electron chi connectivity index (χ0n) is 11.7. The first-order valence-electron chi connectivity index (χ1n) is 6.19. The van der Waals surface area contributed by atoms with E-state index in [4.69, 9.17) is 21.1 Å². The van der Waals surface area contributed by atoms with Crippen LogP contribution in [0.15, 0.2) is 12.1 Å². The van der Waals surface area contributed by atoms with Crippen LogP contribution in [0.5, 0.6) is 11.5 Å². The highest BCUT2D eigenvalue weighted by molar-refractivity contribution is 6.32. The molecule has 1 aromatic rings. The quantitative estimate of drug-likeness (QED) is 0.866. The number of rotatable bonds is 6. The molecular weight excluding hydrogens is 266 g/mol. The number of amides is 1. The van der Waals surface area contributed by atoms with Crippen LogP contribution in [0.4, 0.5) is 5.69 Å². The van der Waals surface area contributed by atoms with E-state index in [1.54, 1.807) is 12.1 Å². The summed E-state index contributed by atoms with van der Waals surface area (Å²) in [4.78, 5) is 11.8. The van der Waals surface area contributed by atoms with Crippen LogP contribution in [-0.2, 0) is 4.79 Å². The number of carbonyl (C=O) groups is 1. The molecule has 0 atom stereocenters. The van der Waals surface area contributed by atoms with Gasteiger partial charge in [0.25, 0.3) is 0 Å². The molecule has 0 unspecified atom stereocenters. The van der Waals surface area contributed by atoms with Crippen molar-refractivity contribution >= 4 is 23.2 Å². The fourth-order valence-corrected chi connectivity index (χ4v) is 1.83. The lowest BCUT2D eigenvalue weighted by Crippen LogP contribution is -2.13. The van der Waals surface area contributed by atoms with Gasteiger partial charge < -0.3 is 14.8 Å². The summed E-state index contributed by atoms with van der Waals surface area (Å²) in [6.45, 7) is 4.16. The van der Waals surface area contributed by atoms with E-state index >= 15 is 0 Å². The summed E-state index contributed by atoms with van der Waals surface area (Å²) in [5.41, 5.74) is 0.557. The van der Waals surface area contributed by atoms with E-state index in [0.717, 1.165) is 6.42 Å². The first-order valence-corrected chi connectivity index (χ1v) is 6.57. The molecule has 0 radical (unpaired) electrons. The Kier molecular flexibility index (Phi) is 5.96. The normalized spacial score (nSPS) is 10.4. The van der Waals surface area contributed by atoms with Gasteiger partial charge in [0.1, 0.15) is 11.5 Å². The van der Waals surface area contributed by atoms with Crippen LogP contribution >= 0.6 is 11.6 Å². The van der Waals surface area contributed by atoms with Gasteiger partial charge in [-0.15, -0.1) is 0 Å². The molecule has 19 heavy (non-hydrogen) atoms. The van der Waals surface area contributed by atoms with Gasteiger partial charge in [-0.2, -0.15) is 0 Å². The lowest BCUT2D eigenvalue weighted by molar-refractivity contribution is -0.116. The summed E-state index contributed by atoms with van der Waals surface area (Å²) in [7, 11) is 3.06. The number of hydrogen-bond acceptors (Lipinski definition) is 3. The number of anilines is 1. The Labute approximate surface area is 119 Å². The minimum Gasteiger partial charge on any atom is -0.495 e. The van der Waals surface area contributed by atoms with Crippen molar-refractivity contribution in [2.75, 3.05) is 19.5 Å². The summed E-state index contributed by atoms with van der Waals surface area (Å²) in [6, 6.07) is 3.28. The molecule has 5 heteroatoms. The van der Waals surface area contributed by atoms with Crippen molar-refractivity contribution in [3.8, 4) is 11.5 Å². The van der Waals surface area contributed by atoms with Crippen LogP contribution in [0.25, 0.3) is 0 Å². The predicted octanol–water partition coefficient (Wildman–Crippen LogP) is 3.73. The van der Waals surface area contributed by atoms with Gasteiger partial charge >= 0.3 is 0 Å². The van der Waals surface area contributed by atoms with Crippen molar-refractivity contribution in [3.05, 3.63) is 17.2 Å². The van der Waals surface area contributed by atoms with E-state index in [9.17, 15) is 4.79 Å². The van der Waals surface area contributed by atoms with Crippen LogP contribution in [0.3, 0.4) is 0 Å². The van der Waals surface area contributed by atoms with Crippen molar-refractivity contribution in [3.63, 3.8) is 0 Å². The summed E-state index contributed by atoms with van der Waals surface area (Å²) in [6.07, 6.45) is 1.32. The maximum atomic E-state index is 11.8. The van der Waals surface area contributed by atoms with Gasteiger partial charge in [0, 0.05) is 12.5 Å². The van der Waals surface area contributed by atoms with E-state index in [-0.39, 0.29) is 5.91 Å². The Morgan fingerprint density at radius 3 is 2.42 bits per heavy atom. The third kappa shape index (κ3) is 4.63. The maximum Gasteiger partial charge on any atom is 0.224 e. The Hall–Kier alpha value is -1.42. The van der Waals surface area contributed by atoms with Crippen molar-refractivity contribution in [1.82, 2.24) is 0 Å². The molecule has 1 N–H and O–H groups in total. The highest BCUT2D eigenvalue weighted by atomic mass is 35.5. The van der Waals surface area contributed by atoms with E-state index in [0.29, 0.717) is 34.5 Å². The minimum atomic E-state index is -0.0479. The Morgan fingerprint density at radius 1 is 1.26 bits per heavy atom. The van der Waals surface area contributed by atoms with E-state index in [2.05, 4.69) is 19.2 Å². The Bertz CT molecular complexity index is 447. The predicted molar refractivity (Wildman–Crippen MR) is 77.3 cm³/mol. The number of benzene rings is 1. The van der Waals surface area contributed by atoms with Gasteiger partial charge in [-0.1, -0.05) is 25.4 Å². The second kappa shape index (κ2) is 7.24. The topological polar surface area (TPSA) is 47.6 Å². The lowest BCUT2D eigenvalue weighted by atomic mass is 10.1. The van der Waals surface area contributed by atoms with Crippen LogP contribution in [-0.4, -0.2) is 20.1 Å². The van der Waals surface area contributed by atoms with Crippen molar-refractivity contribution in [1.29, 1.82) is 0 Å². The number of carbonyl (C=O) groups excluding carboxylic acids is 1. The smallest absolute Gasteiger partial charge is 0.224 e.